The maximum atomic E-state index is 11.2. The molecule has 0 saturated heterocycles. The minimum absolute atomic E-state index is 0. The van der Waals surface area contributed by atoms with Gasteiger partial charge in [-0.15, -0.1) is 0 Å². The van der Waals surface area contributed by atoms with Crippen molar-refractivity contribution < 1.29 is 50.1 Å². The number of aliphatic hydroxyl groups is 2. The predicted molar refractivity (Wildman–Crippen MR) is 207 cm³/mol. The van der Waals surface area contributed by atoms with Crippen molar-refractivity contribution in [2.24, 2.45) is 40.4 Å². The van der Waals surface area contributed by atoms with E-state index in [0.717, 1.165) is 24.8 Å². The summed E-state index contributed by atoms with van der Waals surface area (Å²) in [5.41, 5.74) is 2.55. The summed E-state index contributed by atoms with van der Waals surface area (Å²) in [5.74, 6) is 2.50. The van der Waals surface area contributed by atoms with Crippen LogP contribution in [0.1, 0.15) is 121 Å². The molecule has 0 radical (unpaired) electrons. The largest absolute Gasteiger partial charge is 0 e. The zero-order valence-electron chi connectivity index (χ0n) is 35.1. The van der Waals surface area contributed by atoms with Crippen LogP contribution in [0.3, 0.4) is 0 Å². The molecular formula is C42H72FeO7Si2. The third-order valence-electron chi connectivity index (χ3n) is 14.4. The van der Waals surface area contributed by atoms with Crippen molar-refractivity contribution in [1.29, 1.82) is 0 Å². The Morgan fingerprint density at radius 3 is 1.83 bits per heavy atom. The Labute approximate surface area is 330 Å². The smallest absolute Gasteiger partial charge is 0 e. The van der Waals surface area contributed by atoms with Gasteiger partial charge in [0.25, 0.3) is 0 Å². The summed E-state index contributed by atoms with van der Waals surface area (Å²) in [6.45, 7) is 49.6. The maximum Gasteiger partial charge on any atom is 0 e. The van der Waals surface area contributed by atoms with Crippen LogP contribution in [0.4, 0.5) is 0 Å². The van der Waals surface area contributed by atoms with Crippen LogP contribution >= 0.6 is 0 Å². The first-order valence-corrected chi connectivity index (χ1v) is 24.9. The SMILES string of the molecule is CC(C)CC[C@@H](O[Si](C)(C)C(C)(C)C)[C@@H](C)[C@H]1CC[C@H]2C3=CC=C4[C@@H](O)[C@@H](O)CC[C@]4(C)[C@H]3[C@H](O[Si](C)(C)C(C)(C)C)C[C@]12C.[C-]#[O+].[C-]#[O+].[C-]#[O+].[Fe]. The number of rotatable bonds is 9. The quantitative estimate of drug-likeness (QED) is 0.137. The van der Waals surface area contributed by atoms with Crippen LogP contribution in [-0.4, -0.2) is 51.3 Å². The molecule has 4 aliphatic rings. The van der Waals surface area contributed by atoms with Gasteiger partial charge >= 0.3 is 33.9 Å². The average Bonchev–Trinajstić information content (AvgIpc) is 3.38. The van der Waals surface area contributed by atoms with E-state index < -0.39 is 28.8 Å². The Kier molecular flexibility index (Phi) is 19.4. The molecule has 0 aromatic heterocycles. The van der Waals surface area contributed by atoms with Gasteiger partial charge in [-0.05, 0) is 116 Å². The molecule has 0 unspecified atom stereocenters. The molecule has 0 amide bonds. The molecule has 7 nitrogen and oxygen atoms in total. The van der Waals surface area contributed by atoms with Crippen LogP contribution in [0, 0.1) is 60.4 Å². The fraction of sp³-hybridized carbons (Fsp3) is 0.833. The van der Waals surface area contributed by atoms with Crippen molar-refractivity contribution in [2.45, 2.75) is 182 Å². The second-order valence-electron chi connectivity index (χ2n) is 19.8. The molecule has 4 rings (SSSR count). The van der Waals surface area contributed by atoms with E-state index in [0.29, 0.717) is 30.1 Å². The minimum atomic E-state index is -2.09. The van der Waals surface area contributed by atoms with E-state index in [1.54, 1.807) is 5.57 Å². The molecule has 0 aromatic carbocycles. The molecular weight excluding hydrogens is 728 g/mol. The fourth-order valence-electron chi connectivity index (χ4n) is 9.46. The van der Waals surface area contributed by atoms with Crippen molar-refractivity contribution in [3.8, 4) is 0 Å². The summed E-state index contributed by atoms with van der Waals surface area (Å²) in [4.78, 5) is 0. The van der Waals surface area contributed by atoms with Crippen molar-refractivity contribution in [3.05, 3.63) is 43.2 Å². The summed E-state index contributed by atoms with van der Waals surface area (Å²) in [5, 5.41) is 22.2. The van der Waals surface area contributed by atoms with Crippen molar-refractivity contribution >= 4 is 16.6 Å². The minimum Gasteiger partial charge on any atom is 0 e. The van der Waals surface area contributed by atoms with Gasteiger partial charge in [0, 0.05) is 34.5 Å². The Hall–Kier alpha value is -0.507. The molecule has 0 aliphatic heterocycles. The van der Waals surface area contributed by atoms with Crippen LogP contribution in [0.2, 0.25) is 36.3 Å². The van der Waals surface area contributed by atoms with E-state index in [2.05, 4.69) is 134 Å². The van der Waals surface area contributed by atoms with Gasteiger partial charge in [-0.3, -0.25) is 0 Å². The number of fused-ring (bicyclic) bond motifs is 5. The average molecular weight is 801 g/mol. The van der Waals surface area contributed by atoms with Gasteiger partial charge in [-0.2, -0.15) is 0 Å². The van der Waals surface area contributed by atoms with Gasteiger partial charge in [-0.1, -0.05) is 93.9 Å². The van der Waals surface area contributed by atoms with Crippen molar-refractivity contribution in [1.82, 2.24) is 0 Å². The van der Waals surface area contributed by atoms with Gasteiger partial charge in [0.2, 0.25) is 0 Å². The Bertz CT molecular complexity index is 1260. The van der Waals surface area contributed by atoms with E-state index >= 15 is 0 Å². The molecule has 0 heterocycles. The fourth-order valence-corrected chi connectivity index (χ4v) is 12.2. The Morgan fingerprint density at radius 1 is 0.827 bits per heavy atom. The number of hydrogen-bond donors (Lipinski definition) is 2. The molecule has 3 saturated carbocycles. The molecule has 0 bridgehead atoms. The second kappa shape index (κ2) is 19.6. The summed E-state index contributed by atoms with van der Waals surface area (Å²) >= 11 is 0. The standard InChI is InChI=1S/C39H72O4Si2.3CO.Fe/c1-25(2)16-21-32(42-44(12,13)36(4,5)6)26(3)28-19-20-29-27-17-18-30-35(41)31(40)22-23-38(30,10)34(27)33(24-39(28,29)11)43-45(14,15)37(7,8)9;3*1-2;/h17-18,25-26,28-29,31-35,40-41H,16,19-24H2,1-15H3;;;;/t26-,28+,29-,31-,32+,33+,34+,35+,38-,39+;;;;/m0..../s1. The van der Waals surface area contributed by atoms with Crippen LogP contribution in [0.5, 0.6) is 0 Å². The molecule has 4 aliphatic carbocycles. The number of hydrogen-bond acceptors (Lipinski definition) is 4. The van der Waals surface area contributed by atoms with E-state index in [9.17, 15) is 10.2 Å². The zero-order chi connectivity index (χ0) is 40.1. The third-order valence-corrected chi connectivity index (χ3v) is 23.4. The van der Waals surface area contributed by atoms with Crippen LogP contribution < -0.4 is 0 Å². The molecule has 0 aromatic rings. The van der Waals surface area contributed by atoms with Gasteiger partial charge in [0.15, 0.2) is 16.6 Å². The summed E-state index contributed by atoms with van der Waals surface area (Å²) in [7, 11) is -4.03. The first-order chi connectivity index (χ1) is 23.4. The van der Waals surface area contributed by atoms with Crippen LogP contribution in [0.25, 0.3) is 0 Å². The van der Waals surface area contributed by atoms with E-state index in [1.165, 1.54) is 19.3 Å². The summed E-state index contributed by atoms with van der Waals surface area (Å²) in [6, 6.07) is 0. The van der Waals surface area contributed by atoms with E-state index in [4.69, 9.17) is 22.8 Å². The Balaban J connectivity index is 0.00000353. The number of allylic oxidation sites excluding steroid dienone is 2. The molecule has 10 heteroatoms. The van der Waals surface area contributed by atoms with Crippen LogP contribution in [-0.2, 0) is 39.9 Å². The van der Waals surface area contributed by atoms with Gasteiger partial charge in [0.1, 0.15) is 6.10 Å². The molecule has 3 fully saturated rings. The molecule has 0 spiro atoms. The monoisotopic (exact) mass is 800 g/mol. The number of aliphatic hydroxyl groups excluding tert-OH is 2. The maximum absolute atomic E-state index is 11.2. The first-order valence-electron chi connectivity index (χ1n) is 19.1. The van der Waals surface area contributed by atoms with Gasteiger partial charge in [-0.25, -0.2) is 0 Å². The first kappa shape index (κ1) is 51.5. The zero-order valence-corrected chi connectivity index (χ0v) is 38.2. The topological polar surface area (TPSA) is 119 Å². The molecule has 298 valence electrons. The van der Waals surface area contributed by atoms with Crippen molar-refractivity contribution in [2.75, 3.05) is 0 Å². The molecule has 2 N–H and O–H groups in total. The van der Waals surface area contributed by atoms with E-state index in [-0.39, 0.29) is 56.1 Å². The van der Waals surface area contributed by atoms with Crippen molar-refractivity contribution in [3.63, 3.8) is 0 Å². The summed E-state index contributed by atoms with van der Waals surface area (Å²) in [6.07, 6.45) is 11.0. The second-order valence-corrected chi connectivity index (χ2v) is 29.4. The van der Waals surface area contributed by atoms with Gasteiger partial charge < -0.3 is 19.1 Å². The van der Waals surface area contributed by atoms with E-state index in [1.807, 2.05) is 0 Å². The van der Waals surface area contributed by atoms with Gasteiger partial charge in [0.05, 0.1) is 12.2 Å². The predicted octanol–water partition coefficient (Wildman–Crippen LogP) is 10.2. The molecule has 52 heavy (non-hydrogen) atoms. The van der Waals surface area contributed by atoms with Crippen LogP contribution in [0.15, 0.2) is 23.3 Å². The normalized spacial score (nSPS) is 32.5. The Morgan fingerprint density at radius 2 is 1.35 bits per heavy atom. The third kappa shape index (κ3) is 10.5. The molecule has 10 atom stereocenters. The summed E-state index contributed by atoms with van der Waals surface area (Å²) < 4.78 is 37.4.